The molecule has 1 aromatic carbocycles. The van der Waals surface area contributed by atoms with Crippen molar-refractivity contribution in [2.24, 2.45) is 0 Å². The molecular formula is C9H6Br2N2O. The number of nitrogens with one attached hydrogen (secondary N) is 1. The van der Waals surface area contributed by atoms with Gasteiger partial charge in [0.05, 0.1) is 11.0 Å². The summed E-state index contributed by atoms with van der Waals surface area (Å²) in [6.07, 6.45) is 0. The number of para-hydroxylation sites is 2. The van der Waals surface area contributed by atoms with E-state index in [2.05, 4.69) is 41.8 Å². The Morgan fingerprint density at radius 1 is 1.36 bits per heavy atom. The van der Waals surface area contributed by atoms with E-state index in [0.717, 1.165) is 11.0 Å². The number of aromatic amines is 1. The number of hydrogen-bond donors (Lipinski definition) is 1. The molecule has 72 valence electrons. The number of aromatic nitrogens is 2. The van der Waals surface area contributed by atoms with Crippen molar-refractivity contribution in [3.63, 3.8) is 0 Å². The summed E-state index contributed by atoms with van der Waals surface area (Å²) in [7, 11) is 0. The Morgan fingerprint density at radius 3 is 2.71 bits per heavy atom. The highest BCUT2D eigenvalue weighted by Crippen LogP contribution is 2.16. The van der Waals surface area contributed by atoms with Crippen molar-refractivity contribution in [1.82, 2.24) is 9.97 Å². The third-order valence-electron chi connectivity index (χ3n) is 1.82. The van der Waals surface area contributed by atoms with Crippen LogP contribution in [0.5, 0.6) is 0 Å². The van der Waals surface area contributed by atoms with Gasteiger partial charge < -0.3 is 4.98 Å². The molecule has 0 aliphatic rings. The van der Waals surface area contributed by atoms with E-state index in [4.69, 9.17) is 0 Å². The summed E-state index contributed by atoms with van der Waals surface area (Å²) in [6.45, 7) is 0. The van der Waals surface area contributed by atoms with Crippen LogP contribution in [0.2, 0.25) is 0 Å². The van der Waals surface area contributed by atoms with Crippen molar-refractivity contribution in [2.45, 2.75) is 3.74 Å². The molecule has 2 rings (SSSR count). The summed E-state index contributed by atoms with van der Waals surface area (Å²) in [5, 5.41) is 0. The molecule has 0 atom stereocenters. The maximum Gasteiger partial charge on any atom is 0.222 e. The van der Waals surface area contributed by atoms with Crippen LogP contribution in [0.3, 0.4) is 0 Å². The van der Waals surface area contributed by atoms with Gasteiger partial charge in [0.1, 0.15) is 3.74 Å². The molecule has 1 heterocycles. The number of hydrogen-bond acceptors (Lipinski definition) is 2. The van der Waals surface area contributed by atoms with E-state index >= 15 is 0 Å². The SMILES string of the molecule is O=C(c1nc2ccccc2[nH]1)C(Br)Br. The van der Waals surface area contributed by atoms with Gasteiger partial charge in [0.2, 0.25) is 5.78 Å². The summed E-state index contributed by atoms with van der Waals surface area (Å²) in [6, 6.07) is 7.53. The molecule has 5 heteroatoms. The number of carbonyl (C=O) groups is 1. The van der Waals surface area contributed by atoms with Crippen molar-refractivity contribution in [3.05, 3.63) is 30.1 Å². The molecule has 1 aromatic heterocycles. The zero-order valence-corrected chi connectivity index (χ0v) is 10.2. The van der Waals surface area contributed by atoms with Crippen LogP contribution in [-0.4, -0.2) is 19.5 Å². The third kappa shape index (κ3) is 1.74. The standard InChI is InChI=1S/C9H6Br2N2O/c10-8(11)7(14)9-12-5-3-1-2-4-6(5)13-9/h1-4,8H,(H,12,13). The smallest absolute Gasteiger partial charge is 0.222 e. The maximum absolute atomic E-state index is 11.5. The number of nitrogens with zero attached hydrogens (tertiary/aromatic N) is 1. The van der Waals surface area contributed by atoms with Crippen molar-refractivity contribution in [3.8, 4) is 0 Å². The largest absolute Gasteiger partial charge is 0.335 e. The lowest BCUT2D eigenvalue weighted by molar-refractivity contribution is 0.100. The van der Waals surface area contributed by atoms with Crippen LogP contribution >= 0.6 is 31.9 Å². The van der Waals surface area contributed by atoms with Gasteiger partial charge in [-0.1, -0.05) is 44.0 Å². The molecule has 0 unspecified atom stereocenters. The predicted molar refractivity (Wildman–Crippen MR) is 62.1 cm³/mol. The number of fused-ring (bicyclic) bond motifs is 1. The van der Waals surface area contributed by atoms with Gasteiger partial charge in [0.15, 0.2) is 5.82 Å². The second-order valence-corrected chi connectivity index (χ2v) is 5.83. The number of ketones is 1. The lowest BCUT2D eigenvalue weighted by Crippen LogP contribution is -2.08. The van der Waals surface area contributed by atoms with Crippen molar-refractivity contribution in [2.75, 3.05) is 0 Å². The summed E-state index contributed by atoms with van der Waals surface area (Å²) in [4.78, 5) is 18.7. The minimum atomic E-state index is -0.393. The van der Waals surface area contributed by atoms with Crippen molar-refractivity contribution >= 4 is 48.7 Å². The minimum Gasteiger partial charge on any atom is -0.335 e. The number of imidazole rings is 1. The number of benzene rings is 1. The molecule has 2 aromatic rings. The van der Waals surface area contributed by atoms with E-state index in [1.165, 1.54) is 0 Å². The average molecular weight is 318 g/mol. The van der Waals surface area contributed by atoms with Crippen LogP contribution < -0.4 is 0 Å². The number of rotatable bonds is 2. The van der Waals surface area contributed by atoms with Gasteiger partial charge in [0.25, 0.3) is 0 Å². The fourth-order valence-electron chi connectivity index (χ4n) is 1.17. The quantitative estimate of drug-likeness (QED) is 0.684. The van der Waals surface area contributed by atoms with Gasteiger partial charge in [-0.3, -0.25) is 4.79 Å². The fourth-order valence-corrected chi connectivity index (χ4v) is 1.61. The molecule has 0 saturated heterocycles. The summed E-state index contributed by atoms with van der Waals surface area (Å²) >= 11 is 6.28. The molecule has 0 spiro atoms. The van der Waals surface area contributed by atoms with Gasteiger partial charge in [-0.15, -0.1) is 0 Å². The maximum atomic E-state index is 11.5. The van der Waals surface area contributed by atoms with Crippen molar-refractivity contribution in [1.29, 1.82) is 0 Å². The monoisotopic (exact) mass is 316 g/mol. The molecule has 0 bridgehead atoms. The van der Waals surface area contributed by atoms with Crippen LogP contribution in [0.4, 0.5) is 0 Å². The van der Waals surface area contributed by atoms with Crippen LogP contribution in [0, 0.1) is 0 Å². The highest BCUT2D eigenvalue weighted by Gasteiger charge is 2.17. The molecule has 14 heavy (non-hydrogen) atoms. The van der Waals surface area contributed by atoms with E-state index in [1.807, 2.05) is 24.3 Å². The summed E-state index contributed by atoms with van der Waals surface area (Å²) in [5.74, 6) is 0.256. The Hall–Kier alpha value is -0.680. The van der Waals surface area contributed by atoms with Crippen molar-refractivity contribution < 1.29 is 4.79 Å². The molecule has 1 N–H and O–H groups in total. The molecule has 0 amide bonds. The first-order valence-corrected chi connectivity index (χ1v) is 5.79. The Kier molecular flexibility index (Phi) is 2.69. The third-order valence-corrected chi connectivity index (χ3v) is 2.65. The van der Waals surface area contributed by atoms with Gasteiger partial charge >= 0.3 is 0 Å². The van der Waals surface area contributed by atoms with Gasteiger partial charge in [-0.25, -0.2) is 4.98 Å². The number of halogens is 2. The highest BCUT2D eigenvalue weighted by atomic mass is 79.9. The zero-order valence-electron chi connectivity index (χ0n) is 7.00. The first-order valence-electron chi connectivity index (χ1n) is 3.95. The van der Waals surface area contributed by atoms with E-state index < -0.39 is 3.74 Å². The molecular weight excluding hydrogens is 312 g/mol. The highest BCUT2D eigenvalue weighted by molar-refractivity contribution is 9.25. The first kappa shape index (κ1) is 9.86. The van der Waals surface area contributed by atoms with Gasteiger partial charge in [0, 0.05) is 0 Å². The van der Waals surface area contributed by atoms with E-state index in [9.17, 15) is 4.79 Å². The van der Waals surface area contributed by atoms with Crippen LogP contribution in [0.1, 0.15) is 10.6 Å². The topological polar surface area (TPSA) is 45.8 Å². The van der Waals surface area contributed by atoms with E-state index in [1.54, 1.807) is 0 Å². The predicted octanol–water partition coefficient (Wildman–Crippen LogP) is 2.86. The summed E-state index contributed by atoms with van der Waals surface area (Å²) < 4.78 is -0.393. The Labute approximate surface area is 97.2 Å². The normalized spacial score (nSPS) is 11.1. The molecule has 0 aliphatic carbocycles. The Bertz CT molecular complexity index is 445. The lowest BCUT2D eigenvalue weighted by Gasteiger charge is -1.94. The number of alkyl halides is 2. The zero-order chi connectivity index (χ0) is 10.1. The number of Topliss-reactive ketones (excluding diaryl/α,β-unsaturated/α-hetero) is 1. The first-order chi connectivity index (χ1) is 6.68. The molecule has 0 radical (unpaired) electrons. The molecule has 3 nitrogen and oxygen atoms in total. The van der Waals surface area contributed by atoms with E-state index in [0.29, 0.717) is 5.82 Å². The molecule has 0 aliphatic heterocycles. The number of carbonyl (C=O) groups excluding carboxylic acids is 1. The Balaban J connectivity index is 2.50. The van der Waals surface area contributed by atoms with Crippen LogP contribution in [0.15, 0.2) is 24.3 Å². The number of H-pyrrole nitrogens is 1. The fraction of sp³-hybridized carbons (Fsp3) is 0.111. The average Bonchev–Trinajstić information content (AvgIpc) is 2.59. The second kappa shape index (κ2) is 3.82. The lowest BCUT2D eigenvalue weighted by atomic mass is 10.3. The Morgan fingerprint density at radius 2 is 2.07 bits per heavy atom. The molecule has 0 fully saturated rings. The van der Waals surface area contributed by atoms with Gasteiger partial charge in [-0.05, 0) is 12.1 Å². The minimum absolute atomic E-state index is 0.110. The van der Waals surface area contributed by atoms with Crippen LogP contribution in [-0.2, 0) is 0 Å². The van der Waals surface area contributed by atoms with Crippen LogP contribution in [0.25, 0.3) is 11.0 Å². The summed E-state index contributed by atoms with van der Waals surface area (Å²) in [5.41, 5.74) is 1.67. The second-order valence-electron chi connectivity index (χ2n) is 2.77. The van der Waals surface area contributed by atoms with Gasteiger partial charge in [-0.2, -0.15) is 0 Å². The molecule has 0 saturated carbocycles. The van der Waals surface area contributed by atoms with E-state index in [-0.39, 0.29) is 5.78 Å².